The maximum atomic E-state index is 13.5. The summed E-state index contributed by atoms with van der Waals surface area (Å²) in [6.45, 7) is 2.35. The van der Waals surface area contributed by atoms with Gasteiger partial charge in [0.1, 0.15) is 5.82 Å². The Labute approximate surface area is 108 Å². The highest BCUT2D eigenvalue weighted by atomic mass is 19.1. The monoisotopic (exact) mass is 272 g/mol. The van der Waals surface area contributed by atoms with Gasteiger partial charge in [-0.25, -0.2) is 4.39 Å². The van der Waals surface area contributed by atoms with E-state index >= 15 is 0 Å². The average Bonchev–Trinajstić information content (AvgIpc) is 2.36. The van der Waals surface area contributed by atoms with E-state index in [4.69, 9.17) is 0 Å². The smallest absolute Gasteiger partial charge is 0.307 e. The molecule has 0 atom stereocenters. The Bertz CT molecular complexity index is 492. The summed E-state index contributed by atoms with van der Waals surface area (Å²) >= 11 is 0. The predicted octanol–water partition coefficient (Wildman–Crippen LogP) is 2.79. The molecule has 0 spiro atoms. The van der Waals surface area contributed by atoms with Crippen LogP contribution in [-0.2, 0) is 0 Å². The third-order valence-electron chi connectivity index (χ3n) is 2.54. The minimum atomic E-state index is -1.23. The van der Waals surface area contributed by atoms with Gasteiger partial charge in [0, 0.05) is 6.54 Å². The number of benzene rings is 1. The van der Waals surface area contributed by atoms with Gasteiger partial charge in [-0.3, -0.25) is 14.9 Å². The first-order chi connectivity index (χ1) is 8.97. The lowest BCUT2D eigenvalue weighted by molar-refractivity contribution is -0.387. The molecule has 19 heavy (non-hydrogen) atoms. The molecule has 0 saturated heterocycles. The van der Waals surface area contributed by atoms with Gasteiger partial charge in [0.2, 0.25) is 5.82 Å². The van der Waals surface area contributed by atoms with Gasteiger partial charge in [0.25, 0.3) is 5.91 Å². The number of halogens is 2. The second-order valence-electron chi connectivity index (χ2n) is 4.00. The molecule has 0 aliphatic heterocycles. The van der Waals surface area contributed by atoms with Crippen LogP contribution in [0, 0.1) is 21.7 Å². The van der Waals surface area contributed by atoms with Crippen molar-refractivity contribution in [2.75, 3.05) is 6.54 Å². The molecule has 1 aromatic carbocycles. The second kappa shape index (κ2) is 6.77. The Balaban J connectivity index is 2.81. The van der Waals surface area contributed by atoms with E-state index in [-0.39, 0.29) is 0 Å². The Morgan fingerprint density at radius 1 is 1.32 bits per heavy atom. The van der Waals surface area contributed by atoms with Crippen LogP contribution in [0.1, 0.15) is 36.5 Å². The van der Waals surface area contributed by atoms with Crippen LogP contribution in [0.4, 0.5) is 14.5 Å². The summed E-state index contributed by atoms with van der Waals surface area (Å²) in [6, 6.07) is 0.957. The minimum Gasteiger partial charge on any atom is -0.352 e. The molecule has 0 radical (unpaired) electrons. The van der Waals surface area contributed by atoms with Crippen LogP contribution in [0.15, 0.2) is 12.1 Å². The molecule has 1 aromatic rings. The van der Waals surface area contributed by atoms with Crippen molar-refractivity contribution in [1.29, 1.82) is 0 Å². The third-order valence-corrected chi connectivity index (χ3v) is 2.54. The van der Waals surface area contributed by atoms with E-state index in [1.807, 2.05) is 6.92 Å². The van der Waals surface area contributed by atoms with Crippen molar-refractivity contribution in [1.82, 2.24) is 5.32 Å². The van der Waals surface area contributed by atoms with Crippen LogP contribution in [0.25, 0.3) is 0 Å². The summed E-state index contributed by atoms with van der Waals surface area (Å²) in [7, 11) is 0. The SMILES string of the molecule is CCCCCNC(=O)c1cc(F)c([N+](=O)[O-])cc1F. The highest BCUT2D eigenvalue weighted by molar-refractivity contribution is 5.94. The maximum Gasteiger partial charge on any atom is 0.307 e. The number of nitro groups is 1. The molecule has 5 nitrogen and oxygen atoms in total. The number of amides is 1. The zero-order valence-corrected chi connectivity index (χ0v) is 10.4. The highest BCUT2D eigenvalue weighted by Crippen LogP contribution is 2.21. The normalized spacial score (nSPS) is 10.3. The van der Waals surface area contributed by atoms with Crippen molar-refractivity contribution in [2.24, 2.45) is 0 Å². The number of unbranched alkanes of at least 4 members (excludes halogenated alkanes) is 2. The molecule has 0 unspecified atom stereocenters. The van der Waals surface area contributed by atoms with Crippen LogP contribution < -0.4 is 5.32 Å². The van der Waals surface area contributed by atoms with Crippen molar-refractivity contribution in [2.45, 2.75) is 26.2 Å². The van der Waals surface area contributed by atoms with Crippen molar-refractivity contribution in [3.8, 4) is 0 Å². The number of nitrogens with one attached hydrogen (secondary N) is 1. The first-order valence-electron chi connectivity index (χ1n) is 5.89. The van der Waals surface area contributed by atoms with E-state index in [1.165, 1.54) is 0 Å². The summed E-state index contributed by atoms with van der Waals surface area (Å²) < 4.78 is 26.8. The number of nitro benzene ring substituents is 1. The van der Waals surface area contributed by atoms with Gasteiger partial charge in [0.15, 0.2) is 0 Å². The Morgan fingerprint density at radius 3 is 2.58 bits per heavy atom. The van der Waals surface area contributed by atoms with Gasteiger partial charge in [-0.1, -0.05) is 19.8 Å². The summed E-state index contributed by atoms with van der Waals surface area (Å²) in [5.41, 5.74) is -1.51. The van der Waals surface area contributed by atoms with Crippen LogP contribution in [-0.4, -0.2) is 17.4 Å². The van der Waals surface area contributed by atoms with Gasteiger partial charge in [-0.05, 0) is 12.5 Å². The first kappa shape index (κ1) is 15.0. The molecule has 1 rings (SSSR count). The Hall–Kier alpha value is -2.05. The number of hydrogen-bond donors (Lipinski definition) is 1. The third kappa shape index (κ3) is 3.97. The molecule has 104 valence electrons. The minimum absolute atomic E-state index is 0.352. The second-order valence-corrected chi connectivity index (χ2v) is 4.00. The molecule has 0 fully saturated rings. The van der Waals surface area contributed by atoms with E-state index in [2.05, 4.69) is 5.32 Å². The van der Waals surface area contributed by atoms with Crippen LogP contribution in [0.5, 0.6) is 0 Å². The lowest BCUT2D eigenvalue weighted by Gasteiger charge is -2.06. The molecule has 1 amide bonds. The van der Waals surface area contributed by atoms with E-state index in [9.17, 15) is 23.7 Å². The quantitative estimate of drug-likeness (QED) is 0.491. The highest BCUT2D eigenvalue weighted by Gasteiger charge is 2.21. The number of hydrogen-bond acceptors (Lipinski definition) is 3. The molecular formula is C12H14F2N2O3. The lowest BCUT2D eigenvalue weighted by Crippen LogP contribution is -2.25. The number of rotatable bonds is 6. The first-order valence-corrected chi connectivity index (χ1v) is 5.89. The fourth-order valence-electron chi connectivity index (χ4n) is 1.52. The predicted molar refractivity (Wildman–Crippen MR) is 64.9 cm³/mol. The molecule has 0 aliphatic carbocycles. The summed E-state index contributed by atoms with van der Waals surface area (Å²) in [6.07, 6.45) is 2.62. The zero-order valence-electron chi connectivity index (χ0n) is 10.4. The largest absolute Gasteiger partial charge is 0.352 e. The van der Waals surface area contributed by atoms with Gasteiger partial charge in [-0.15, -0.1) is 0 Å². The van der Waals surface area contributed by atoms with Crippen molar-refractivity contribution < 1.29 is 18.5 Å². The molecule has 0 heterocycles. The fourth-order valence-corrected chi connectivity index (χ4v) is 1.52. The van der Waals surface area contributed by atoms with Crippen molar-refractivity contribution in [3.63, 3.8) is 0 Å². The molecule has 1 N–H and O–H groups in total. The average molecular weight is 272 g/mol. The Morgan fingerprint density at radius 2 is 2.00 bits per heavy atom. The molecule has 7 heteroatoms. The number of carbonyl (C=O) groups excluding carboxylic acids is 1. The molecule has 0 saturated carbocycles. The van der Waals surface area contributed by atoms with Gasteiger partial charge < -0.3 is 5.32 Å². The lowest BCUT2D eigenvalue weighted by atomic mass is 10.1. The topological polar surface area (TPSA) is 72.2 Å². The van der Waals surface area contributed by atoms with E-state index < -0.39 is 33.7 Å². The van der Waals surface area contributed by atoms with E-state index in [0.29, 0.717) is 18.7 Å². The molecular weight excluding hydrogens is 258 g/mol. The van der Waals surface area contributed by atoms with Crippen LogP contribution >= 0.6 is 0 Å². The fraction of sp³-hybridized carbons (Fsp3) is 0.417. The van der Waals surface area contributed by atoms with Crippen molar-refractivity contribution in [3.05, 3.63) is 39.4 Å². The van der Waals surface area contributed by atoms with Gasteiger partial charge >= 0.3 is 5.69 Å². The standard InChI is InChI=1S/C12H14F2N2O3/c1-2-3-4-5-15-12(17)8-6-10(14)11(16(18)19)7-9(8)13/h6-7H,2-5H2,1H3,(H,15,17). The number of nitrogens with zero attached hydrogens (tertiary/aromatic N) is 1. The van der Waals surface area contributed by atoms with E-state index in [1.54, 1.807) is 0 Å². The Kier molecular flexibility index (Phi) is 5.35. The maximum absolute atomic E-state index is 13.5. The molecule has 0 aliphatic rings. The molecule has 0 bridgehead atoms. The summed E-state index contributed by atoms with van der Waals surface area (Å²) in [4.78, 5) is 20.9. The zero-order chi connectivity index (χ0) is 14.4. The van der Waals surface area contributed by atoms with Crippen molar-refractivity contribution >= 4 is 11.6 Å². The number of carbonyl (C=O) groups is 1. The van der Waals surface area contributed by atoms with Gasteiger partial charge in [-0.2, -0.15) is 4.39 Å². The van der Waals surface area contributed by atoms with Gasteiger partial charge in [0.05, 0.1) is 16.6 Å². The van der Waals surface area contributed by atoms with Crippen LogP contribution in [0.2, 0.25) is 0 Å². The summed E-state index contributed by atoms with van der Waals surface area (Å²) in [5, 5.41) is 12.8. The summed E-state index contributed by atoms with van der Waals surface area (Å²) in [5.74, 6) is -3.12. The molecule has 0 aromatic heterocycles. The van der Waals surface area contributed by atoms with Crippen LogP contribution in [0.3, 0.4) is 0 Å². The van der Waals surface area contributed by atoms with E-state index in [0.717, 1.165) is 19.3 Å².